The molecular formula is C13H14BrN5OS2. The van der Waals surface area contributed by atoms with Gasteiger partial charge in [-0.25, -0.2) is 0 Å². The predicted molar refractivity (Wildman–Crippen MR) is 93.2 cm³/mol. The average molecular weight is 400 g/mol. The summed E-state index contributed by atoms with van der Waals surface area (Å²) in [6, 6.07) is 3.70. The van der Waals surface area contributed by atoms with Crippen LogP contribution in [-0.4, -0.2) is 26.6 Å². The van der Waals surface area contributed by atoms with Gasteiger partial charge in [-0.15, -0.1) is 32.9 Å². The van der Waals surface area contributed by atoms with Crippen molar-refractivity contribution in [2.45, 2.75) is 25.6 Å². The molecule has 3 aromatic rings. The molecule has 6 nitrogen and oxygen atoms in total. The number of hydrogen-bond donors (Lipinski definition) is 3. The van der Waals surface area contributed by atoms with Crippen LogP contribution in [0.4, 0.5) is 5.82 Å². The third-order valence-corrected chi connectivity index (χ3v) is 6.33. The van der Waals surface area contributed by atoms with Crippen LogP contribution in [0.1, 0.15) is 22.8 Å². The summed E-state index contributed by atoms with van der Waals surface area (Å²) in [7, 11) is 0. The van der Waals surface area contributed by atoms with E-state index in [2.05, 4.69) is 42.7 Å². The van der Waals surface area contributed by atoms with Crippen molar-refractivity contribution in [3.8, 4) is 0 Å². The van der Waals surface area contributed by atoms with Crippen molar-refractivity contribution in [2.24, 2.45) is 5.73 Å². The summed E-state index contributed by atoms with van der Waals surface area (Å²) in [4.78, 5) is 1.95. The lowest BCUT2D eigenvalue weighted by Crippen LogP contribution is -2.23. The van der Waals surface area contributed by atoms with Gasteiger partial charge in [0.15, 0.2) is 5.82 Å². The molecule has 0 radical (unpaired) electrons. The maximum atomic E-state index is 10.2. The summed E-state index contributed by atoms with van der Waals surface area (Å²) in [5.41, 5.74) is 6.47. The fourth-order valence-corrected chi connectivity index (χ4v) is 4.68. The standard InChI is InChI=1S/C13H14BrN5OS2/c1-6(15)10(20)11-8(14)9-12(22-11)13(18-19-17-9)16-5-7-3-2-4-21-7/h2-4,6,10,20H,5,15H2,1H3,(H,16,17,18). The van der Waals surface area contributed by atoms with Gasteiger partial charge >= 0.3 is 0 Å². The highest BCUT2D eigenvalue weighted by atomic mass is 79.9. The molecule has 0 spiro atoms. The van der Waals surface area contributed by atoms with Crippen molar-refractivity contribution >= 4 is 54.6 Å². The van der Waals surface area contributed by atoms with Gasteiger partial charge in [0.1, 0.15) is 16.3 Å². The minimum atomic E-state index is -0.751. The number of rotatable bonds is 5. The molecule has 0 saturated heterocycles. The summed E-state index contributed by atoms with van der Waals surface area (Å²) in [5.74, 6) is 0.659. The molecular weight excluding hydrogens is 386 g/mol. The highest BCUT2D eigenvalue weighted by Gasteiger charge is 2.23. The lowest BCUT2D eigenvalue weighted by molar-refractivity contribution is 0.156. The van der Waals surface area contributed by atoms with Crippen molar-refractivity contribution in [3.63, 3.8) is 0 Å². The number of halogens is 1. The van der Waals surface area contributed by atoms with Crippen molar-refractivity contribution in [1.82, 2.24) is 15.4 Å². The van der Waals surface area contributed by atoms with Gasteiger partial charge < -0.3 is 16.2 Å². The molecule has 0 aliphatic heterocycles. The van der Waals surface area contributed by atoms with Gasteiger partial charge in [0.05, 0.1) is 15.9 Å². The van der Waals surface area contributed by atoms with E-state index in [0.29, 0.717) is 17.9 Å². The van der Waals surface area contributed by atoms with Crippen LogP contribution in [0.2, 0.25) is 0 Å². The number of aromatic nitrogens is 3. The molecule has 22 heavy (non-hydrogen) atoms. The van der Waals surface area contributed by atoms with Crippen LogP contribution in [0.3, 0.4) is 0 Å². The number of nitrogens with zero attached hydrogens (tertiary/aromatic N) is 3. The maximum absolute atomic E-state index is 10.2. The first kappa shape index (κ1) is 15.8. The Hall–Kier alpha value is -1.13. The molecule has 2 atom stereocenters. The molecule has 3 rings (SSSR count). The predicted octanol–water partition coefficient (Wildman–Crippen LogP) is 2.90. The van der Waals surface area contributed by atoms with Crippen LogP contribution >= 0.6 is 38.6 Å². The van der Waals surface area contributed by atoms with Gasteiger partial charge in [0, 0.05) is 10.9 Å². The second kappa shape index (κ2) is 6.55. The number of fused-ring (bicyclic) bond motifs is 1. The minimum Gasteiger partial charge on any atom is -0.386 e. The Kier molecular flexibility index (Phi) is 4.69. The van der Waals surface area contributed by atoms with Crippen LogP contribution in [-0.2, 0) is 6.54 Å². The normalized spacial score (nSPS) is 14.2. The van der Waals surface area contributed by atoms with E-state index in [0.717, 1.165) is 14.0 Å². The summed E-state index contributed by atoms with van der Waals surface area (Å²) in [6.07, 6.45) is -0.751. The van der Waals surface area contributed by atoms with E-state index < -0.39 is 6.10 Å². The zero-order valence-corrected chi connectivity index (χ0v) is 14.9. The molecule has 0 aliphatic carbocycles. The van der Waals surface area contributed by atoms with Gasteiger partial charge in [-0.3, -0.25) is 0 Å². The lowest BCUT2D eigenvalue weighted by Gasteiger charge is -2.12. The van der Waals surface area contributed by atoms with Crippen molar-refractivity contribution in [1.29, 1.82) is 0 Å². The van der Waals surface area contributed by atoms with E-state index in [1.807, 2.05) is 11.4 Å². The van der Waals surface area contributed by atoms with E-state index in [9.17, 15) is 5.11 Å². The quantitative estimate of drug-likeness (QED) is 0.610. The molecule has 0 saturated carbocycles. The van der Waals surface area contributed by atoms with Gasteiger partial charge in [-0.05, 0) is 39.5 Å². The number of hydrogen-bond acceptors (Lipinski definition) is 8. The third kappa shape index (κ3) is 2.99. The van der Waals surface area contributed by atoms with E-state index in [1.165, 1.54) is 16.2 Å². The van der Waals surface area contributed by atoms with E-state index in [-0.39, 0.29) is 6.04 Å². The Balaban J connectivity index is 1.96. The first-order chi connectivity index (χ1) is 10.6. The second-order valence-electron chi connectivity index (χ2n) is 4.83. The van der Waals surface area contributed by atoms with Crippen molar-refractivity contribution in [2.75, 3.05) is 5.32 Å². The summed E-state index contributed by atoms with van der Waals surface area (Å²) < 4.78 is 1.58. The Bertz CT molecular complexity index is 774. The number of anilines is 1. The van der Waals surface area contributed by atoms with Gasteiger partial charge in [-0.2, -0.15) is 0 Å². The van der Waals surface area contributed by atoms with E-state index >= 15 is 0 Å². The molecule has 116 valence electrons. The zero-order valence-electron chi connectivity index (χ0n) is 11.7. The molecule has 0 amide bonds. The smallest absolute Gasteiger partial charge is 0.170 e. The summed E-state index contributed by atoms with van der Waals surface area (Å²) in [5, 5.41) is 27.5. The largest absolute Gasteiger partial charge is 0.386 e. The maximum Gasteiger partial charge on any atom is 0.170 e. The SMILES string of the molecule is CC(N)C(O)c1sc2c(NCc3cccs3)nnnc2c1Br. The lowest BCUT2D eigenvalue weighted by atomic mass is 10.1. The van der Waals surface area contributed by atoms with Crippen LogP contribution in [0.5, 0.6) is 0 Å². The molecule has 9 heteroatoms. The second-order valence-corrected chi connectivity index (χ2v) is 7.71. The van der Waals surface area contributed by atoms with Crippen molar-refractivity contribution < 1.29 is 5.11 Å². The highest BCUT2D eigenvalue weighted by molar-refractivity contribution is 9.10. The molecule has 0 fully saturated rings. The fourth-order valence-electron chi connectivity index (χ4n) is 1.96. The average Bonchev–Trinajstić information content (AvgIpc) is 3.13. The Morgan fingerprint density at radius 2 is 2.27 bits per heavy atom. The molecule has 2 unspecified atom stereocenters. The number of aliphatic hydroxyl groups is 1. The molecule has 0 bridgehead atoms. The summed E-state index contributed by atoms with van der Waals surface area (Å²) in [6.45, 7) is 2.44. The molecule has 4 N–H and O–H groups in total. The number of thiophene rings is 2. The third-order valence-electron chi connectivity index (χ3n) is 3.13. The van der Waals surface area contributed by atoms with Gasteiger partial charge in [0.25, 0.3) is 0 Å². The topological polar surface area (TPSA) is 97.0 Å². The zero-order chi connectivity index (χ0) is 15.7. The first-order valence-electron chi connectivity index (χ1n) is 6.59. The number of nitrogens with one attached hydrogen (secondary N) is 1. The minimum absolute atomic E-state index is 0.368. The molecule has 3 aromatic heterocycles. The molecule has 0 aliphatic rings. The first-order valence-corrected chi connectivity index (χ1v) is 9.08. The molecule has 0 aromatic carbocycles. The Morgan fingerprint density at radius 1 is 1.45 bits per heavy atom. The number of nitrogens with two attached hydrogens (primary N) is 1. The van der Waals surface area contributed by atoms with Crippen LogP contribution in [0.15, 0.2) is 22.0 Å². The van der Waals surface area contributed by atoms with Crippen LogP contribution in [0.25, 0.3) is 10.2 Å². The monoisotopic (exact) mass is 399 g/mol. The van der Waals surface area contributed by atoms with Crippen molar-refractivity contribution in [3.05, 3.63) is 31.7 Å². The van der Waals surface area contributed by atoms with E-state index in [4.69, 9.17) is 5.73 Å². The highest BCUT2D eigenvalue weighted by Crippen LogP contribution is 2.40. The summed E-state index contributed by atoms with van der Waals surface area (Å²) >= 11 is 6.58. The van der Waals surface area contributed by atoms with Crippen LogP contribution in [0, 0.1) is 0 Å². The Morgan fingerprint density at radius 3 is 2.95 bits per heavy atom. The van der Waals surface area contributed by atoms with Gasteiger partial charge in [0.2, 0.25) is 0 Å². The van der Waals surface area contributed by atoms with E-state index in [1.54, 1.807) is 18.3 Å². The van der Waals surface area contributed by atoms with Gasteiger partial charge in [-0.1, -0.05) is 6.07 Å². The molecule has 3 heterocycles. The van der Waals surface area contributed by atoms with Crippen LogP contribution < -0.4 is 11.1 Å². The Labute approximate surface area is 143 Å². The fraction of sp³-hybridized carbons (Fsp3) is 0.308. The number of aliphatic hydroxyl groups excluding tert-OH is 1.